The number of ether oxygens (including phenoxy) is 2. The lowest BCUT2D eigenvalue weighted by Crippen LogP contribution is -2.33. The predicted molar refractivity (Wildman–Crippen MR) is 56.3 cm³/mol. The van der Waals surface area contributed by atoms with Gasteiger partial charge in [-0.05, 0) is 12.8 Å². The standard InChI is InChI=1S/C11H20O4/c1-5-7-11(15-9(4)13)10(6-2)14-8(3)12/h10-11H,5-7H2,1-4H3/t10-,11+/m1/s1. The monoisotopic (exact) mass is 216 g/mol. The number of hydrogen-bond donors (Lipinski definition) is 0. The van der Waals surface area contributed by atoms with Gasteiger partial charge in [-0.3, -0.25) is 9.59 Å². The van der Waals surface area contributed by atoms with Crippen LogP contribution >= 0.6 is 0 Å². The van der Waals surface area contributed by atoms with Crippen LogP contribution in [0.3, 0.4) is 0 Å². The summed E-state index contributed by atoms with van der Waals surface area (Å²) in [6, 6.07) is 0. The highest BCUT2D eigenvalue weighted by Crippen LogP contribution is 2.14. The Morgan fingerprint density at radius 1 is 1.00 bits per heavy atom. The summed E-state index contributed by atoms with van der Waals surface area (Å²) >= 11 is 0. The van der Waals surface area contributed by atoms with E-state index in [0.717, 1.165) is 6.42 Å². The molecular formula is C11H20O4. The Kier molecular flexibility index (Phi) is 6.75. The van der Waals surface area contributed by atoms with Crippen LogP contribution in [0.15, 0.2) is 0 Å². The van der Waals surface area contributed by atoms with E-state index in [1.807, 2.05) is 13.8 Å². The largest absolute Gasteiger partial charge is 0.459 e. The number of carbonyl (C=O) groups excluding carboxylic acids is 2. The van der Waals surface area contributed by atoms with Gasteiger partial charge in [0.25, 0.3) is 0 Å². The van der Waals surface area contributed by atoms with Crippen molar-refractivity contribution < 1.29 is 19.1 Å². The van der Waals surface area contributed by atoms with E-state index >= 15 is 0 Å². The van der Waals surface area contributed by atoms with Crippen molar-refractivity contribution in [3.63, 3.8) is 0 Å². The van der Waals surface area contributed by atoms with Gasteiger partial charge in [0.2, 0.25) is 0 Å². The fourth-order valence-electron chi connectivity index (χ4n) is 1.45. The van der Waals surface area contributed by atoms with Gasteiger partial charge in [0, 0.05) is 13.8 Å². The van der Waals surface area contributed by atoms with E-state index in [-0.39, 0.29) is 24.1 Å². The van der Waals surface area contributed by atoms with Gasteiger partial charge in [0.1, 0.15) is 12.2 Å². The van der Waals surface area contributed by atoms with Crippen LogP contribution < -0.4 is 0 Å². The summed E-state index contributed by atoms with van der Waals surface area (Å²) in [5.74, 6) is -0.672. The molecule has 0 aliphatic rings. The summed E-state index contributed by atoms with van der Waals surface area (Å²) in [7, 11) is 0. The Morgan fingerprint density at radius 3 is 1.80 bits per heavy atom. The van der Waals surface area contributed by atoms with Gasteiger partial charge >= 0.3 is 11.9 Å². The molecule has 0 heterocycles. The molecule has 0 aliphatic heterocycles. The Balaban J connectivity index is 4.38. The topological polar surface area (TPSA) is 52.6 Å². The van der Waals surface area contributed by atoms with Gasteiger partial charge in [-0.2, -0.15) is 0 Å². The van der Waals surface area contributed by atoms with Gasteiger partial charge in [0.05, 0.1) is 0 Å². The highest BCUT2D eigenvalue weighted by Gasteiger charge is 2.24. The van der Waals surface area contributed by atoms with Gasteiger partial charge in [0.15, 0.2) is 0 Å². The summed E-state index contributed by atoms with van der Waals surface area (Å²) in [5, 5.41) is 0. The van der Waals surface area contributed by atoms with Gasteiger partial charge in [-0.15, -0.1) is 0 Å². The zero-order chi connectivity index (χ0) is 11.8. The first-order chi connectivity index (χ1) is 7.01. The summed E-state index contributed by atoms with van der Waals surface area (Å²) in [5.41, 5.74) is 0. The third-order valence-electron chi connectivity index (χ3n) is 2.02. The molecule has 0 unspecified atom stereocenters. The number of hydrogen-bond acceptors (Lipinski definition) is 4. The molecule has 0 saturated heterocycles. The lowest BCUT2D eigenvalue weighted by Gasteiger charge is -2.24. The molecule has 0 aromatic heterocycles. The number of carbonyl (C=O) groups is 2. The molecule has 0 saturated carbocycles. The Hall–Kier alpha value is -1.06. The van der Waals surface area contributed by atoms with Crippen molar-refractivity contribution in [1.82, 2.24) is 0 Å². The van der Waals surface area contributed by atoms with Crippen LogP contribution in [0.2, 0.25) is 0 Å². The maximum atomic E-state index is 10.9. The fraction of sp³-hybridized carbons (Fsp3) is 0.818. The van der Waals surface area contributed by atoms with Crippen molar-refractivity contribution in [2.75, 3.05) is 0 Å². The van der Waals surface area contributed by atoms with Crippen molar-refractivity contribution in [2.24, 2.45) is 0 Å². The van der Waals surface area contributed by atoms with Crippen molar-refractivity contribution >= 4 is 11.9 Å². The first kappa shape index (κ1) is 13.9. The molecule has 4 heteroatoms. The molecule has 0 N–H and O–H groups in total. The summed E-state index contributed by atoms with van der Waals surface area (Å²) in [4.78, 5) is 21.7. The average Bonchev–Trinajstić information content (AvgIpc) is 2.12. The third kappa shape index (κ3) is 6.10. The molecule has 0 fully saturated rings. The molecule has 0 rings (SSSR count). The third-order valence-corrected chi connectivity index (χ3v) is 2.02. The minimum absolute atomic E-state index is 0.318. The minimum atomic E-state index is -0.338. The SMILES string of the molecule is CCC[C@H](OC(C)=O)[C@@H](CC)OC(C)=O. The summed E-state index contributed by atoms with van der Waals surface area (Å²) in [6.45, 7) is 6.62. The van der Waals surface area contributed by atoms with Crippen LogP contribution in [0.1, 0.15) is 47.0 Å². The van der Waals surface area contributed by atoms with Crippen molar-refractivity contribution in [3.05, 3.63) is 0 Å². The zero-order valence-corrected chi connectivity index (χ0v) is 9.91. The normalized spacial score (nSPS) is 14.1. The Labute approximate surface area is 90.9 Å². The molecule has 88 valence electrons. The second kappa shape index (κ2) is 7.26. The summed E-state index contributed by atoms with van der Waals surface area (Å²) in [6.07, 6.45) is 1.60. The average molecular weight is 216 g/mol. The maximum Gasteiger partial charge on any atom is 0.303 e. The van der Waals surface area contributed by atoms with Crippen LogP contribution in [-0.2, 0) is 19.1 Å². The van der Waals surface area contributed by atoms with E-state index in [2.05, 4.69) is 0 Å². The van der Waals surface area contributed by atoms with E-state index in [9.17, 15) is 9.59 Å². The van der Waals surface area contributed by atoms with E-state index < -0.39 is 0 Å². The lowest BCUT2D eigenvalue weighted by molar-refractivity contribution is -0.166. The number of esters is 2. The highest BCUT2D eigenvalue weighted by molar-refractivity contribution is 5.67. The van der Waals surface area contributed by atoms with Crippen LogP contribution in [0.25, 0.3) is 0 Å². The van der Waals surface area contributed by atoms with Crippen LogP contribution in [-0.4, -0.2) is 24.1 Å². The molecule has 0 aromatic rings. The molecule has 0 bridgehead atoms. The fourth-order valence-corrected chi connectivity index (χ4v) is 1.45. The molecule has 0 amide bonds. The highest BCUT2D eigenvalue weighted by atomic mass is 16.6. The minimum Gasteiger partial charge on any atom is -0.459 e. The molecule has 4 nitrogen and oxygen atoms in total. The van der Waals surface area contributed by atoms with Crippen molar-refractivity contribution in [3.8, 4) is 0 Å². The predicted octanol–water partition coefficient (Wildman–Crippen LogP) is 2.06. The second-order valence-corrected chi connectivity index (χ2v) is 3.49. The molecule has 0 radical (unpaired) electrons. The van der Waals surface area contributed by atoms with Gasteiger partial charge < -0.3 is 9.47 Å². The van der Waals surface area contributed by atoms with Gasteiger partial charge in [-0.1, -0.05) is 20.3 Å². The van der Waals surface area contributed by atoms with E-state index in [1.165, 1.54) is 13.8 Å². The molecule has 2 atom stereocenters. The first-order valence-corrected chi connectivity index (χ1v) is 5.35. The van der Waals surface area contributed by atoms with Crippen molar-refractivity contribution in [1.29, 1.82) is 0 Å². The van der Waals surface area contributed by atoms with Gasteiger partial charge in [-0.25, -0.2) is 0 Å². The quantitative estimate of drug-likeness (QED) is 0.638. The summed E-state index contributed by atoms with van der Waals surface area (Å²) < 4.78 is 10.2. The van der Waals surface area contributed by atoms with E-state index in [4.69, 9.17) is 9.47 Å². The van der Waals surface area contributed by atoms with E-state index in [1.54, 1.807) is 0 Å². The molecule has 0 aliphatic carbocycles. The van der Waals surface area contributed by atoms with Crippen LogP contribution in [0.5, 0.6) is 0 Å². The number of rotatable bonds is 6. The molecule has 15 heavy (non-hydrogen) atoms. The van der Waals surface area contributed by atoms with Crippen LogP contribution in [0.4, 0.5) is 0 Å². The Bertz CT molecular complexity index is 213. The Morgan fingerprint density at radius 2 is 1.47 bits per heavy atom. The lowest BCUT2D eigenvalue weighted by atomic mass is 10.1. The van der Waals surface area contributed by atoms with Crippen LogP contribution in [0, 0.1) is 0 Å². The van der Waals surface area contributed by atoms with E-state index in [0.29, 0.717) is 12.8 Å². The smallest absolute Gasteiger partial charge is 0.303 e. The second-order valence-electron chi connectivity index (χ2n) is 3.49. The maximum absolute atomic E-state index is 10.9. The zero-order valence-electron chi connectivity index (χ0n) is 9.91. The molecular weight excluding hydrogens is 196 g/mol. The molecule has 0 aromatic carbocycles. The van der Waals surface area contributed by atoms with Crippen molar-refractivity contribution in [2.45, 2.75) is 59.2 Å². The molecule has 0 spiro atoms. The first-order valence-electron chi connectivity index (χ1n) is 5.35.